The molecule has 0 spiro atoms. The van der Waals surface area contributed by atoms with Gasteiger partial charge in [-0.2, -0.15) is 0 Å². The van der Waals surface area contributed by atoms with Crippen molar-refractivity contribution in [2.45, 2.75) is 19.3 Å². The zero-order chi connectivity index (χ0) is 20.3. The molecule has 0 radical (unpaired) electrons. The molecule has 7 nitrogen and oxygen atoms in total. The van der Waals surface area contributed by atoms with Crippen molar-refractivity contribution in [1.29, 1.82) is 0 Å². The topological polar surface area (TPSA) is 114 Å². The number of para-hydroxylation sites is 1. The molecule has 0 fully saturated rings. The van der Waals surface area contributed by atoms with Crippen LogP contribution in [0.3, 0.4) is 0 Å². The Balaban J connectivity index is 2.16. The summed E-state index contributed by atoms with van der Waals surface area (Å²) in [7, 11) is 0. The van der Waals surface area contributed by atoms with Gasteiger partial charge in [-0.25, -0.2) is 9.59 Å². The third-order valence-corrected chi connectivity index (χ3v) is 4.40. The molecule has 0 saturated carbocycles. The number of carboxylic acids is 1. The minimum absolute atomic E-state index is 0.0633. The molecule has 3 rings (SSSR count). The van der Waals surface area contributed by atoms with E-state index in [9.17, 15) is 19.5 Å². The summed E-state index contributed by atoms with van der Waals surface area (Å²) in [6.07, 6.45) is -0.211. The number of hydrogen-bond donors (Lipinski definition) is 2. The van der Waals surface area contributed by atoms with E-state index in [4.69, 9.17) is 14.3 Å². The minimum Gasteiger partial charge on any atom is -0.507 e. The first-order valence-corrected chi connectivity index (χ1v) is 8.66. The maximum Gasteiger partial charge on any atom is 0.343 e. The quantitative estimate of drug-likeness (QED) is 0.497. The van der Waals surface area contributed by atoms with Gasteiger partial charge in [0.1, 0.15) is 11.3 Å². The Bertz CT molecular complexity index is 1080. The highest BCUT2D eigenvalue weighted by molar-refractivity contribution is 5.88. The van der Waals surface area contributed by atoms with Gasteiger partial charge in [-0.3, -0.25) is 4.79 Å². The van der Waals surface area contributed by atoms with Crippen molar-refractivity contribution in [3.05, 3.63) is 75.6 Å². The summed E-state index contributed by atoms with van der Waals surface area (Å²) in [5.74, 6) is -2.78. The van der Waals surface area contributed by atoms with E-state index in [1.165, 1.54) is 24.3 Å². The third kappa shape index (κ3) is 3.73. The molecular formula is C21H18O7. The molecule has 1 unspecified atom stereocenters. The lowest BCUT2D eigenvalue weighted by Gasteiger charge is -2.18. The van der Waals surface area contributed by atoms with Gasteiger partial charge in [0.05, 0.1) is 29.5 Å². The zero-order valence-electron chi connectivity index (χ0n) is 15.0. The summed E-state index contributed by atoms with van der Waals surface area (Å²) in [5, 5.41) is 20.2. The average Bonchev–Trinajstić information content (AvgIpc) is 2.67. The summed E-state index contributed by atoms with van der Waals surface area (Å²) in [4.78, 5) is 35.8. The number of hydrogen-bond acceptors (Lipinski definition) is 6. The first-order valence-electron chi connectivity index (χ1n) is 8.66. The predicted octanol–water partition coefficient (Wildman–Crippen LogP) is 3.28. The van der Waals surface area contributed by atoms with Crippen molar-refractivity contribution in [2.24, 2.45) is 0 Å². The molecule has 0 aliphatic heterocycles. The number of aromatic hydroxyl groups is 1. The second-order valence-corrected chi connectivity index (χ2v) is 6.14. The Labute approximate surface area is 159 Å². The van der Waals surface area contributed by atoms with Crippen molar-refractivity contribution in [2.75, 3.05) is 6.61 Å². The molecule has 3 aromatic rings. The number of fused-ring (bicyclic) bond motifs is 1. The second kappa shape index (κ2) is 7.96. The molecule has 2 aromatic carbocycles. The van der Waals surface area contributed by atoms with E-state index < -0.39 is 23.5 Å². The van der Waals surface area contributed by atoms with Gasteiger partial charge in [0.2, 0.25) is 0 Å². The summed E-state index contributed by atoms with van der Waals surface area (Å²) < 4.78 is 10.3. The van der Waals surface area contributed by atoms with Crippen LogP contribution in [0.5, 0.6) is 5.75 Å². The first kappa shape index (κ1) is 19.2. The van der Waals surface area contributed by atoms with E-state index >= 15 is 0 Å². The lowest BCUT2D eigenvalue weighted by atomic mass is 9.87. The molecule has 28 heavy (non-hydrogen) atoms. The Hall–Kier alpha value is -3.61. The number of benzene rings is 2. The average molecular weight is 382 g/mol. The van der Waals surface area contributed by atoms with Gasteiger partial charge >= 0.3 is 17.6 Å². The summed E-state index contributed by atoms with van der Waals surface area (Å²) >= 11 is 0. The Morgan fingerprint density at radius 3 is 2.43 bits per heavy atom. The smallest absolute Gasteiger partial charge is 0.343 e. The lowest BCUT2D eigenvalue weighted by Crippen LogP contribution is -2.18. The van der Waals surface area contributed by atoms with Crippen LogP contribution in [0.15, 0.2) is 57.7 Å². The molecule has 0 saturated heterocycles. The maximum absolute atomic E-state index is 12.6. The zero-order valence-corrected chi connectivity index (χ0v) is 15.0. The maximum atomic E-state index is 12.6. The van der Waals surface area contributed by atoms with Crippen molar-refractivity contribution >= 4 is 22.9 Å². The van der Waals surface area contributed by atoms with Crippen molar-refractivity contribution < 1.29 is 29.0 Å². The number of esters is 1. The van der Waals surface area contributed by atoms with Crippen LogP contribution in [0, 0.1) is 0 Å². The van der Waals surface area contributed by atoms with E-state index in [0.29, 0.717) is 10.9 Å². The monoisotopic (exact) mass is 382 g/mol. The Morgan fingerprint density at radius 1 is 1.11 bits per heavy atom. The summed E-state index contributed by atoms with van der Waals surface area (Å²) in [6, 6.07) is 12.3. The molecule has 0 aliphatic carbocycles. The van der Waals surface area contributed by atoms with E-state index in [1.54, 1.807) is 31.2 Å². The van der Waals surface area contributed by atoms with Gasteiger partial charge in [-0.05, 0) is 36.8 Å². The fourth-order valence-electron chi connectivity index (χ4n) is 3.09. The fourth-order valence-corrected chi connectivity index (χ4v) is 3.09. The standard InChI is InChI=1S/C21H18O7/c1-2-27-17(22)11-15(12-7-9-13(10-8-12)20(24)25)18-19(23)14-5-3-4-6-16(14)28-21(18)26/h3-10,15,23H,2,11H2,1H3,(H,24,25). The van der Waals surface area contributed by atoms with Gasteiger partial charge in [0.25, 0.3) is 0 Å². The summed E-state index contributed by atoms with van der Waals surface area (Å²) in [5.41, 5.74) is -0.0724. The Kier molecular flexibility index (Phi) is 5.44. The molecular weight excluding hydrogens is 364 g/mol. The van der Waals surface area contributed by atoms with Crippen LogP contribution in [0.1, 0.15) is 40.7 Å². The molecule has 7 heteroatoms. The van der Waals surface area contributed by atoms with E-state index in [-0.39, 0.29) is 35.5 Å². The van der Waals surface area contributed by atoms with Gasteiger partial charge < -0.3 is 19.4 Å². The van der Waals surface area contributed by atoms with Crippen molar-refractivity contribution in [3.8, 4) is 5.75 Å². The van der Waals surface area contributed by atoms with Crippen LogP contribution in [-0.4, -0.2) is 28.8 Å². The van der Waals surface area contributed by atoms with Gasteiger partial charge in [0, 0.05) is 5.92 Å². The van der Waals surface area contributed by atoms with E-state index in [1.807, 2.05) is 0 Å². The van der Waals surface area contributed by atoms with Gasteiger partial charge in [0.15, 0.2) is 0 Å². The van der Waals surface area contributed by atoms with E-state index in [2.05, 4.69) is 0 Å². The highest BCUT2D eigenvalue weighted by atomic mass is 16.5. The number of carbonyl (C=O) groups is 2. The number of aromatic carboxylic acids is 1. The number of carbonyl (C=O) groups excluding carboxylic acids is 1. The van der Waals surface area contributed by atoms with Crippen molar-refractivity contribution in [3.63, 3.8) is 0 Å². The number of carboxylic acid groups (broad SMARTS) is 1. The molecule has 0 amide bonds. The van der Waals surface area contributed by atoms with Crippen molar-refractivity contribution in [1.82, 2.24) is 0 Å². The van der Waals surface area contributed by atoms with Crippen LogP contribution < -0.4 is 5.63 Å². The van der Waals surface area contributed by atoms with Gasteiger partial charge in [-0.1, -0.05) is 24.3 Å². The molecule has 144 valence electrons. The van der Waals surface area contributed by atoms with Crippen LogP contribution in [0.25, 0.3) is 11.0 Å². The largest absolute Gasteiger partial charge is 0.507 e. The fraction of sp³-hybridized carbons (Fsp3) is 0.190. The van der Waals surface area contributed by atoms with E-state index in [0.717, 1.165) is 0 Å². The second-order valence-electron chi connectivity index (χ2n) is 6.14. The molecule has 1 heterocycles. The molecule has 1 aromatic heterocycles. The number of rotatable bonds is 6. The summed E-state index contributed by atoms with van der Waals surface area (Å²) in [6.45, 7) is 1.83. The number of ether oxygens (including phenoxy) is 1. The molecule has 0 bridgehead atoms. The highest BCUT2D eigenvalue weighted by Crippen LogP contribution is 2.36. The predicted molar refractivity (Wildman–Crippen MR) is 101 cm³/mol. The molecule has 1 atom stereocenters. The van der Waals surface area contributed by atoms with Crippen LogP contribution in [0.4, 0.5) is 0 Å². The van der Waals surface area contributed by atoms with Crippen LogP contribution >= 0.6 is 0 Å². The van der Waals surface area contributed by atoms with Gasteiger partial charge in [-0.15, -0.1) is 0 Å². The van der Waals surface area contributed by atoms with Crippen LogP contribution in [-0.2, 0) is 9.53 Å². The van der Waals surface area contributed by atoms with Crippen LogP contribution in [0.2, 0.25) is 0 Å². The third-order valence-electron chi connectivity index (χ3n) is 4.40. The highest BCUT2D eigenvalue weighted by Gasteiger charge is 2.27. The lowest BCUT2D eigenvalue weighted by molar-refractivity contribution is -0.143. The SMILES string of the molecule is CCOC(=O)CC(c1ccc(C(=O)O)cc1)c1c(O)c2ccccc2oc1=O. The Morgan fingerprint density at radius 2 is 1.79 bits per heavy atom. The first-order chi connectivity index (χ1) is 13.4. The normalized spacial score (nSPS) is 11.9. The minimum atomic E-state index is -1.10. The molecule has 2 N–H and O–H groups in total. The molecule has 0 aliphatic rings.